The molecule has 1 unspecified atom stereocenters. The molecule has 0 aliphatic carbocycles. The molecule has 1 N–H and O–H groups in total. The molecule has 0 saturated carbocycles. The second kappa shape index (κ2) is 6.42. The lowest BCUT2D eigenvalue weighted by molar-refractivity contribution is 0.640. The average Bonchev–Trinajstić information content (AvgIpc) is 2.82. The quantitative estimate of drug-likeness (QED) is 0.890. The van der Waals surface area contributed by atoms with Gasteiger partial charge in [-0.15, -0.1) is 11.3 Å². The maximum absolute atomic E-state index is 6.28. The Kier molecular flexibility index (Phi) is 4.86. The fourth-order valence-corrected chi connectivity index (χ4v) is 3.33. The van der Waals surface area contributed by atoms with Gasteiger partial charge in [-0.25, -0.2) is 0 Å². The minimum atomic E-state index is 0.164. The van der Waals surface area contributed by atoms with Gasteiger partial charge in [0.1, 0.15) is 0 Å². The molecule has 0 aliphatic rings. The largest absolute Gasteiger partial charge is 0.378 e. The van der Waals surface area contributed by atoms with E-state index in [1.165, 1.54) is 16.1 Å². The van der Waals surface area contributed by atoms with Crippen LogP contribution in [0.4, 0.5) is 5.69 Å². The molecule has 1 aromatic heterocycles. The Morgan fingerprint density at radius 1 is 1.32 bits per heavy atom. The second-order valence-electron chi connectivity index (χ2n) is 4.61. The van der Waals surface area contributed by atoms with Gasteiger partial charge in [0.25, 0.3) is 0 Å². The number of anilines is 1. The maximum Gasteiger partial charge on any atom is 0.0686 e. The van der Waals surface area contributed by atoms with Crippen LogP contribution in [0.2, 0.25) is 5.02 Å². The van der Waals surface area contributed by atoms with Crippen LogP contribution in [0.1, 0.15) is 23.4 Å². The Bertz CT molecular complexity index is 536. The van der Waals surface area contributed by atoms with E-state index < -0.39 is 0 Å². The summed E-state index contributed by atoms with van der Waals surface area (Å²) in [7, 11) is 4.11. The topological polar surface area (TPSA) is 15.3 Å². The average molecular weight is 295 g/mol. The van der Waals surface area contributed by atoms with Crippen LogP contribution < -0.4 is 10.2 Å². The summed E-state index contributed by atoms with van der Waals surface area (Å²) < 4.78 is 0. The first-order valence-corrected chi connectivity index (χ1v) is 7.62. The number of benzene rings is 1. The summed E-state index contributed by atoms with van der Waals surface area (Å²) in [4.78, 5) is 3.29. The number of hydrogen-bond acceptors (Lipinski definition) is 3. The normalized spacial score (nSPS) is 12.4. The van der Waals surface area contributed by atoms with Crippen molar-refractivity contribution in [2.24, 2.45) is 0 Å². The summed E-state index contributed by atoms with van der Waals surface area (Å²) in [6.45, 7) is 3.02. The van der Waals surface area contributed by atoms with Crippen molar-refractivity contribution in [1.29, 1.82) is 0 Å². The van der Waals surface area contributed by atoms with Gasteiger partial charge in [0.15, 0.2) is 0 Å². The van der Waals surface area contributed by atoms with E-state index in [2.05, 4.69) is 55.5 Å². The van der Waals surface area contributed by atoms with Gasteiger partial charge in [0.2, 0.25) is 0 Å². The van der Waals surface area contributed by atoms with E-state index in [0.717, 1.165) is 11.6 Å². The Morgan fingerprint density at radius 3 is 2.68 bits per heavy atom. The lowest BCUT2D eigenvalue weighted by Gasteiger charge is -2.20. The van der Waals surface area contributed by atoms with E-state index in [1.54, 1.807) is 11.3 Å². The van der Waals surface area contributed by atoms with E-state index in [0.29, 0.717) is 0 Å². The van der Waals surface area contributed by atoms with Crippen molar-refractivity contribution < 1.29 is 0 Å². The van der Waals surface area contributed by atoms with E-state index in [9.17, 15) is 0 Å². The first-order valence-electron chi connectivity index (χ1n) is 6.37. The molecule has 4 heteroatoms. The molecule has 1 aromatic carbocycles. The standard InChI is InChI=1S/C15H19ClN2S/c1-4-17-14(15-13(16)8-9-19-15)11-6-5-7-12(10-11)18(2)3/h5-10,14,17H,4H2,1-3H3. The van der Waals surface area contributed by atoms with Crippen molar-refractivity contribution in [1.82, 2.24) is 5.32 Å². The molecule has 0 amide bonds. The number of thiophene rings is 1. The molecule has 0 fully saturated rings. The molecule has 2 nitrogen and oxygen atoms in total. The van der Waals surface area contributed by atoms with Gasteiger partial charge in [-0.2, -0.15) is 0 Å². The molecule has 1 heterocycles. The third-order valence-electron chi connectivity index (χ3n) is 3.04. The van der Waals surface area contributed by atoms with Gasteiger partial charge in [-0.1, -0.05) is 30.7 Å². The predicted octanol–water partition coefficient (Wildman–Crippen LogP) is 4.17. The van der Waals surface area contributed by atoms with Crippen LogP contribution in [-0.2, 0) is 0 Å². The third kappa shape index (κ3) is 3.30. The summed E-state index contributed by atoms with van der Waals surface area (Å²) in [6.07, 6.45) is 0. The van der Waals surface area contributed by atoms with Gasteiger partial charge >= 0.3 is 0 Å². The Labute approximate surface area is 124 Å². The van der Waals surface area contributed by atoms with Crippen LogP contribution in [0.25, 0.3) is 0 Å². The molecular formula is C15H19ClN2S. The van der Waals surface area contributed by atoms with E-state index in [-0.39, 0.29) is 6.04 Å². The number of nitrogens with one attached hydrogen (secondary N) is 1. The molecule has 2 rings (SSSR count). The van der Waals surface area contributed by atoms with Crippen molar-refractivity contribution in [2.75, 3.05) is 25.5 Å². The molecule has 1 atom stereocenters. The van der Waals surface area contributed by atoms with E-state index in [1.807, 2.05) is 11.4 Å². The zero-order chi connectivity index (χ0) is 13.8. The first-order chi connectivity index (χ1) is 9.13. The molecule has 102 valence electrons. The lowest BCUT2D eigenvalue weighted by Crippen LogP contribution is -2.21. The SMILES string of the molecule is CCNC(c1cccc(N(C)C)c1)c1sccc1Cl. The van der Waals surface area contributed by atoms with Gasteiger partial charge < -0.3 is 10.2 Å². The van der Waals surface area contributed by atoms with E-state index >= 15 is 0 Å². The van der Waals surface area contributed by atoms with Gasteiger partial charge in [-0.3, -0.25) is 0 Å². The molecule has 0 saturated heterocycles. The van der Waals surface area contributed by atoms with E-state index in [4.69, 9.17) is 11.6 Å². The zero-order valence-corrected chi connectivity index (χ0v) is 13.1. The van der Waals surface area contributed by atoms with Crippen LogP contribution in [0.15, 0.2) is 35.7 Å². The maximum atomic E-state index is 6.28. The van der Waals surface area contributed by atoms with Crippen molar-refractivity contribution in [3.63, 3.8) is 0 Å². The minimum Gasteiger partial charge on any atom is -0.378 e. The fraction of sp³-hybridized carbons (Fsp3) is 0.333. The lowest BCUT2D eigenvalue weighted by atomic mass is 10.0. The highest BCUT2D eigenvalue weighted by Gasteiger charge is 2.17. The Balaban J connectivity index is 2.39. The second-order valence-corrected chi connectivity index (χ2v) is 5.97. The van der Waals surface area contributed by atoms with Crippen molar-refractivity contribution >= 4 is 28.6 Å². The molecule has 0 spiro atoms. The highest BCUT2D eigenvalue weighted by Crippen LogP contribution is 2.33. The van der Waals surface area contributed by atoms with Gasteiger partial charge in [-0.05, 0) is 35.7 Å². The molecular weight excluding hydrogens is 276 g/mol. The number of hydrogen-bond donors (Lipinski definition) is 1. The highest BCUT2D eigenvalue weighted by atomic mass is 35.5. The predicted molar refractivity (Wildman–Crippen MR) is 85.6 cm³/mol. The smallest absolute Gasteiger partial charge is 0.0686 e. The third-order valence-corrected chi connectivity index (χ3v) is 4.46. The zero-order valence-electron chi connectivity index (χ0n) is 11.5. The Morgan fingerprint density at radius 2 is 2.11 bits per heavy atom. The van der Waals surface area contributed by atoms with Crippen LogP contribution in [0.5, 0.6) is 0 Å². The Hall–Kier alpha value is -1.03. The highest BCUT2D eigenvalue weighted by molar-refractivity contribution is 7.10. The summed E-state index contributed by atoms with van der Waals surface area (Å²) in [5.41, 5.74) is 2.45. The number of halogens is 1. The molecule has 0 aliphatic heterocycles. The van der Waals surface area contributed by atoms with Gasteiger partial charge in [0, 0.05) is 24.7 Å². The summed E-state index contributed by atoms with van der Waals surface area (Å²) in [6, 6.07) is 10.7. The summed E-state index contributed by atoms with van der Waals surface area (Å²) in [5, 5.41) is 6.39. The van der Waals surface area contributed by atoms with Crippen molar-refractivity contribution in [2.45, 2.75) is 13.0 Å². The minimum absolute atomic E-state index is 0.164. The van der Waals surface area contributed by atoms with Crippen LogP contribution >= 0.6 is 22.9 Å². The van der Waals surface area contributed by atoms with Crippen LogP contribution in [0, 0.1) is 0 Å². The summed E-state index contributed by atoms with van der Waals surface area (Å²) in [5.74, 6) is 0. The fourth-order valence-electron chi connectivity index (χ4n) is 2.06. The monoisotopic (exact) mass is 294 g/mol. The first kappa shape index (κ1) is 14.4. The number of nitrogens with zero attached hydrogens (tertiary/aromatic N) is 1. The molecule has 2 aromatic rings. The van der Waals surface area contributed by atoms with Crippen molar-refractivity contribution in [3.8, 4) is 0 Å². The summed E-state index contributed by atoms with van der Waals surface area (Å²) >= 11 is 7.98. The number of rotatable bonds is 5. The van der Waals surface area contributed by atoms with Gasteiger partial charge in [0.05, 0.1) is 11.1 Å². The molecule has 0 bridgehead atoms. The van der Waals surface area contributed by atoms with Crippen LogP contribution in [-0.4, -0.2) is 20.6 Å². The van der Waals surface area contributed by atoms with Crippen molar-refractivity contribution in [3.05, 3.63) is 51.2 Å². The molecule has 0 radical (unpaired) electrons. The molecule has 19 heavy (non-hydrogen) atoms. The van der Waals surface area contributed by atoms with Crippen LogP contribution in [0.3, 0.4) is 0 Å².